The lowest BCUT2D eigenvalue weighted by Crippen LogP contribution is -2.47. The Balaban J connectivity index is 2.42. The molecule has 0 N–H and O–H groups in total. The lowest BCUT2D eigenvalue weighted by Gasteiger charge is -2.38. The van der Waals surface area contributed by atoms with E-state index in [1.165, 1.54) is 13.0 Å². The standard InChI is InChI=1S/C11H23NO/c1-5-11(3,4)9-12-6-7-13-8-10(12)2/h10H,5-9H2,1-4H3. The summed E-state index contributed by atoms with van der Waals surface area (Å²) >= 11 is 0. The van der Waals surface area contributed by atoms with Crippen LogP contribution in [0.2, 0.25) is 0 Å². The first-order chi connectivity index (χ1) is 6.05. The summed E-state index contributed by atoms with van der Waals surface area (Å²) in [5.41, 5.74) is 0.450. The Morgan fingerprint density at radius 3 is 2.69 bits per heavy atom. The second-order valence-corrected chi connectivity index (χ2v) is 4.91. The van der Waals surface area contributed by atoms with Crippen LogP contribution in [0.5, 0.6) is 0 Å². The highest BCUT2D eigenvalue weighted by Crippen LogP contribution is 2.23. The summed E-state index contributed by atoms with van der Waals surface area (Å²) in [5.74, 6) is 0. The van der Waals surface area contributed by atoms with Crippen molar-refractivity contribution in [3.63, 3.8) is 0 Å². The van der Waals surface area contributed by atoms with E-state index in [1.807, 2.05) is 0 Å². The van der Waals surface area contributed by atoms with Crippen LogP contribution in [0.1, 0.15) is 34.1 Å². The highest BCUT2D eigenvalue weighted by Gasteiger charge is 2.25. The summed E-state index contributed by atoms with van der Waals surface area (Å²) in [6.07, 6.45) is 1.25. The van der Waals surface area contributed by atoms with Crippen molar-refractivity contribution in [1.29, 1.82) is 0 Å². The number of morpholine rings is 1. The third-order valence-electron chi connectivity index (χ3n) is 3.09. The molecule has 1 heterocycles. The molecule has 1 saturated heterocycles. The number of hydrogen-bond donors (Lipinski definition) is 0. The van der Waals surface area contributed by atoms with Gasteiger partial charge in [0.05, 0.1) is 13.2 Å². The predicted molar refractivity (Wildman–Crippen MR) is 55.9 cm³/mol. The largest absolute Gasteiger partial charge is 0.379 e. The molecule has 1 rings (SSSR count). The van der Waals surface area contributed by atoms with Gasteiger partial charge in [-0.1, -0.05) is 20.8 Å². The predicted octanol–water partition coefficient (Wildman–Crippen LogP) is 2.14. The van der Waals surface area contributed by atoms with E-state index >= 15 is 0 Å². The first kappa shape index (κ1) is 11.0. The summed E-state index contributed by atoms with van der Waals surface area (Å²) < 4.78 is 5.42. The average molecular weight is 185 g/mol. The van der Waals surface area contributed by atoms with Gasteiger partial charge in [-0.25, -0.2) is 0 Å². The van der Waals surface area contributed by atoms with Gasteiger partial charge < -0.3 is 4.74 Å². The Morgan fingerprint density at radius 1 is 1.46 bits per heavy atom. The summed E-state index contributed by atoms with van der Waals surface area (Å²) in [5, 5.41) is 0. The molecule has 0 aromatic rings. The molecular formula is C11H23NO. The van der Waals surface area contributed by atoms with Crippen molar-refractivity contribution >= 4 is 0 Å². The smallest absolute Gasteiger partial charge is 0.0619 e. The monoisotopic (exact) mass is 185 g/mol. The van der Waals surface area contributed by atoms with Crippen LogP contribution in [-0.2, 0) is 4.74 Å². The van der Waals surface area contributed by atoms with E-state index in [0.717, 1.165) is 19.8 Å². The van der Waals surface area contributed by atoms with Gasteiger partial charge in [-0.05, 0) is 18.8 Å². The second-order valence-electron chi connectivity index (χ2n) is 4.91. The molecule has 0 amide bonds. The highest BCUT2D eigenvalue weighted by atomic mass is 16.5. The minimum Gasteiger partial charge on any atom is -0.379 e. The Hall–Kier alpha value is -0.0800. The molecule has 0 bridgehead atoms. The molecule has 0 spiro atoms. The Bertz CT molecular complexity index is 156. The molecule has 2 nitrogen and oxygen atoms in total. The van der Waals surface area contributed by atoms with Crippen molar-refractivity contribution < 1.29 is 4.74 Å². The van der Waals surface area contributed by atoms with Crippen molar-refractivity contribution in [2.45, 2.75) is 40.2 Å². The van der Waals surface area contributed by atoms with Crippen molar-refractivity contribution in [3.8, 4) is 0 Å². The number of nitrogens with zero attached hydrogens (tertiary/aromatic N) is 1. The minimum absolute atomic E-state index is 0.450. The third-order valence-corrected chi connectivity index (χ3v) is 3.09. The van der Waals surface area contributed by atoms with Crippen LogP contribution in [0.4, 0.5) is 0 Å². The Labute approximate surface area is 82.3 Å². The molecular weight excluding hydrogens is 162 g/mol. The maximum atomic E-state index is 5.42. The van der Waals surface area contributed by atoms with Gasteiger partial charge in [0, 0.05) is 19.1 Å². The molecule has 13 heavy (non-hydrogen) atoms. The molecule has 0 aromatic heterocycles. The fourth-order valence-electron chi connectivity index (χ4n) is 1.66. The van der Waals surface area contributed by atoms with Gasteiger partial charge in [0.1, 0.15) is 0 Å². The third kappa shape index (κ3) is 3.28. The molecule has 0 radical (unpaired) electrons. The number of rotatable bonds is 3. The molecule has 1 unspecified atom stereocenters. The average Bonchev–Trinajstić information content (AvgIpc) is 2.09. The molecule has 1 aliphatic heterocycles. The minimum atomic E-state index is 0.450. The van der Waals surface area contributed by atoms with Gasteiger partial charge in [-0.2, -0.15) is 0 Å². The lowest BCUT2D eigenvalue weighted by molar-refractivity contribution is -0.0163. The van der Waals surface area contributed by atoms with Crippen LogP contribution in [0.3, 0.4) is 0 Å². The molecule has 1 aliphatic rings. The van der Waals surface area contributed by atoms with E-state index in [9.17, 15) is 0 Å². The van der Waals surface area contributed by atoms with Crippen LogP contribution in [0, 0.1) is 5.41 Å². The van der Waals surface area contributed by atoms with E-state index in [1.54, 1.807) is 0 Å². The SMILES string of the molecule is CCC(C)(C)CN1CCOCC1C. The molecule has 0 aliphatic carbocycles. The van der Waals surface area contributed by atoms with Crippen LogP contribution in [0.15, 0.2) is 0 Å². The van der Waals surface area contributed by atoms with Crippen molar-refractivity contribution in [3.05, 3.63) is 0 Å². The number of hydrogen-bond acceptors (Lipinski definition) is 2. The zero-order valence-electron chi connectivity index (χ0n) is 9.47. The summed E-state index contributed by atoms with van der Waals surface area (Å²) in [4.78, 5) is 2.55. The maximum Gasteiger partial charge on any atom is 0.0619 e. The van der Waals surface area contributed by atoms with E-state index < -0.39 is 0 Å². The molecule has 0 aromatic carbocycles. The van der Waals surface area contributed by atoms with Crippen LogP contribution >= 0.6 is 0 Å². The van der Waals surface area contributed by atoms with Crippen LogP contribution in [0.25, 0.3) is 0 Å². The zero-order valence-corrected chi connectivity index (χ0v) is 9.47. The highest BCUT2D eigenvalue weighted by molar-refractivity contribution is 4.78. The van der Waals surface area contributed by atoms with Crippen LogP contribution < -0.4 is 0 Å². The fourth-order valence-corrected chi connectivity index (χ4v) is 1.66. The number of ether oxygens (including phenoxy) is 1. The van der Waals surface area contributed by atoms with E-state index in [2.05, 4.69) is 32.6 Å². The lowest BCUT2D eigenvalue weighted by atomic mass is 9.89. The molecule has 2 heteroatoms. The quantitative estimate of drug-likeness (QED) is 0.668. The molecule has 0 saturated carbocycles. The summed E-state index contributed by atoms with van der Waals surface area (Å²) in [6, 6.07) is 0.597. The fraction of sp³-hybridized carbons (Fsp3) is 1.00. The zero-order chi connectivity index (χ0) is 9.90. The molecule has 1 fully saturated rings. The van der Waals surface area contributed by atoms with Gasteiger partial charge in [0.2, 0.25) is 0 Å². The van der Waals surface area contributed by atoms with Crippen molar-refractivity contribution in [1.82, 2.24) is 4.90 Å². The van der Waals surface area contributed by atoms with Gasteiger partial charge in [0.15, 0.2) is 0 Å². The summed E-state index contributed by atoms with van der Waals surface area (Å²) in [6.45, 7) is 13.3. The van der Waals surface area contributed by atoms with Gasteiger partial charge >= 0.3 is 0 Å². The molecule has 1 atom stereocenters. The van der Waals surface area contributed by atoms with Crippen molar-refractivity contribution in [2.24, 2.45) is 5.41 Å². The van der Waals surface area contributed by atoms with E-state index in [0.29, 0.717) is 11.5 Å². The normalized spacial score (nSPS) is 26.3. The Kier molecular flexibility index (Phi) is 3.74. The molecule has 78 valence electrons. The van der Waals surface area contributed by atoms with Gasteiger partial charge in [0.25, 0.3) is 0 Å². The first-order valence-electron chi connectivity index (χ1n) is 5.37. The Morgan fingerprint density at radius 2 is 2.15 bits per heavy atom. The van der Waals surface area contributed by atoms with Crippen molar-refractivity contribution in [2.75, 3.05) is 26.3 Å². The van der Waals surface area contributed by atoms with Gasteiger partial charge in [-0.15, -0.1) is 0 Å². The summed E-state index contributed by atoms with van der Waals surface area (Å²) in [7, 11) is 0. The second kappa shape index (κ2) is 4.43. The van der Waals surface area contributed by atoms with E-state index in [-0.39, 0.29) is 0 Å². The van der Waals surface area contributed by atoms with Gasteiger partial charge in [-0.3, -0.25) is 4.90 Å². The first-order valence-corrected chi connectivity index (χ1v) is 5.37. The maximum absolute atomic E-state index is 5.42. The van der Waals surface area contributed by atoms with Crippen LogP contribution in [-0.4, -0.2) is 37.2 Å². The van der Waals surface area contributed by atoms with E-state index in [4.69, 9.17) is 4.74 Å². The topological polar surface area (TPSA) is 12.5 Å².